The van der Waals surface area contributed by atoms with Gasteiger partial charge in [-0.2, -0.15) is 0 Å². The van der Waals surface area contributed by atoms with Crippen molar-refractivity contribution in [3.05, 3.63) is 89.4 Å². The highest BCUT2D eigenvalue weighted by Crippen LogP contribution is 2.19. The largest absolute Gasteiger partial charge is 0.459 e. The Morgan fingerprint density at radius 3 is 2.42 bits per heavy atom. The van der Waals surface area contributed by atoms with Crippen LogP contribution in [0.15, 0.2) is 71.3 Å². The quantitative estimate of drug-likeness (QED) is 0.669. The molecule has 0 bridgehead atoms. The van der Waals surface area contributed by atoms with Crippen molar-refractivity contribution < 1.29 is 18.9 Å². The minimum absolute atomic E-state index is 0.0271. The number of rotatable bonds is 5. The molecule has 0 saturated carbocycles. The van der Waals surface area contributed by atoms with Gasteiger partial charge in [-0.3, -0.25) is 9.59 Å². The number of piperazine rings is 1. The number of aryl methyl sites for hydroxylation is 2. The molecule has 1 fully saturated rings. The second-order valence-corrected chi connectivity index (χ2v) is 8.08. The molecule has 160 valence electrons. The maximum atomic E-state index is 13.5. The molecule has 2 N–H and O–H groups in total. The van der Waals surface area contributed by atoms with Crippen molar-refractivity contribution in [1.29, 1.82) is 0 Å². The lowest BCUT2D eigenvalue weighted by Crippen LogP contribution is -3.16. The number of furan rings is 1. The first kappa shape index (κ1) is 20.9. The Balaban J connectivity index is 1.52. The summed E-state index contributed by atoms with van der Waals surface area (Å²) in [5.74, 6) is 0.233. The number of carbonyl (C=O) groups is 2. The van der Waals surface area contributed by atoms with Gasteiger partial charge in [0.2, 0.25) is 0 Å². The monoisotopic (exact) mass is 418 g/mol. The van der Waals surface area contributed by atoms with Gasteiger partial charge in [0.05, 0.1) is 32.4 Å². The highest BCUT2D eigenvalue weighted by molar-refractivity contribution is 5.95. The highest BCUT2D eigenvalue weighted by Gasteiger charge is 2.36. The lowest BCUT2D eigenvalue weighted by Gasteiger charge is -2.35. The molecule has 1 aliphatic rings. The summed E-state index contributed by atoms with van der Waals surface area (Å²) in [6.07, 6.45) is 1.51. The Morgan fingerprint density at radius 2 is 1.74 bits per heavy atom. The molecule has 1 saturated heterocycles. The van der Waals surface area contributed by atoms with Gasteiger partial charge in [0.15, 0.2) is 11.8 Å². The molecule has 6 heteroatoms. The topological polar surface area (TPSA) is 67.0 Å². The van der Waals surface area contributed by atoms with Crippen LogP contribution in [0.25, 0.3) is 0 Å². The first-order valence-electron chi connectivity index (χ1n) is 10.6. The smallest absolute Gasteiger partial charge is 0.289 e. The number of benzene rings is 2. The van der Waals surface area contributed by atoms with E-state index in [4.69, 9.17) is 4.42 Å². The fraction of sp³-hybridized carbons (Fsp3) is 0.280. The summed E-state index contributed by atoms with van der Waals surface area (Å²) in [5, 5.41) is 3.15. The number of anilines is 1. The first-order chi connectivity index (χ1) is 15.0. The molecular weight excluding hydrogens is 390 g/mol. The van der Waals surface area contributed by atoms with Crippen molar-refractivity contribution in [3.63, 3.8) is 0 Å². The van der Waals surface area contributed by atoms with E-state index < -0.39 is 0 Å². The van der Waals surface area contributed by atoms with Crippen LogP contribution in [0, 0.1) is 13.8 Å². The molecular formula is C25H28N3O3+. The maximum Gasteiger partial charge on any atom is 0.289 e. The van der Waals surface area contributed by atoms with Gasteiger partial charge in [-0.05, 0) is 43.2 Å². The van der Waals surface area contributed by atoms with Crippen LogP contribution in [-0.4, -0.2) is 42.9 Å². The summed E-state index contributed by atoms with van der Waals surface area (Å²) in [5.41, 5.74) is 3.97. The van der Waals surface area contributed by atoms with Gasteiger partial charge in [0.1, 0.15) is 0 Å². The van der Waals surface area contributed by atoms with Crippen LogP contribution in [0.1, 0.15) is 33.3 Å². The second-order valence-electron chi connectivity index (χ2n) is 8.08. The van der Waals surface area contributed by atoms with E-state index in [0.29, 0.717) is 31.9 Å². The standard InChI is InChI=1S/C25H27N3O3/c1-18-10-11-19(2)21(17-18)26-24(29)23(20-7-4-3-5-8-20)27-12-14-28(15-13-27)25(30)22-9-6-16-31-22/h3-11,16-17,23H,12-15H2,1-2H3,(H,26,29)/p+1/t23-/m0/s1. The lowest BCUT2D eigenvalue weighted by atomic mass is 10.0. The third kappa shape index (κ3) is 4.70. The van der Waals surface area contributed by atoms with E-state index in [1.165, 1.54) is 6.26 Å². The summed E-state index contributed by atoms with van der Waals surface area (Å²) < 4.78 is 5.26. The van der Waals surface area contributed by atoms with Crippen molar-refractivity contribution in [2.75, 3.05) is 31.5 Å². The Hall–Kier alpha value is -3.38. The molecule has 1 aromatic heterocycles. The predicted octanol–water partition coefficient (Wildman–Crippen LogP) is 2.62. The van der Waals surface area contributed by atoms with Crippen LogP contribution < -0.4 is 10.2 Å². The van der Waals surface area contributed by atoms with Crippen LogP contribution in [0.5, 0.6) is 0 Å². The average molecular weight is 419 g/mol. The molecule has 2 amide bonds. The van der Waals surface area contributed by atoms with Crippen LogP contribution in [0.2, 0.25) is 0 Å². The molecule has 3 aromatic rings. The zero-order valence-corrected chi connectivity index (χ0v) is 17.9. The minimum atomic E-state index is -0.345. The van der Waals surface area contributed by atoms with Gasteiger partial charge in [0.25, 0.3) is 11.8 Å². The van der Waals surface area contributed by atoms with E-state index in [9.17, 15) is 9.59 Å². The van der Waals surface area contributed by atoms with Crippen LogP contribution in [-0.2, 0) is 4.79 Å². The summed E-state index contributed by atoms with van der Waals surface area (Å²) >= 11 is 0. The molecule has 2 heterocycles. The average Bonchev–Trinajstić information content (AvgIpc) is 3.32. The molecule has 0 aliphatic carbocycles. The van der Waals surface area contributed by atoms with Crippen molar-refractivity contribution in [2.45, 2.75) is 19.9 Å². The van der Waals surface area contributed by atoms with E-state index in [1.54, 1.807) is 17.0 Å². The molecule has 0 radical (unpaired) electrons. The number of carbonyl (C=O) groups excluding carboxylic acids is 2. The van der Waals surface area contributed by atoms with Gasteiger partial charge in [-0.15, -0.1) is 0 Å². The predicted molar refractivity (Wildman–Crippen MR) is 119 cm³/mol. The zero-order chi connectivity index (χ0) is 21.8. The van der Waals surface area contributed by atoms with E-state index in [2.05, 4.69) is 5.32 Å². The maximum absolute atomic E-state index is 13.5. The SMILES string of the molecule is Cc1ccc(C)c(NC(=O)[C@H](c2ccccc2)[NH+]2CCN(C(=O)c3ccco3)CC2)c1. The minimum Gasteiger partial charge on any atom is -0.459 e. The van der Waals surface area contributed by atoms with Gasteiger partial charge in [-0.1, -0.05) is 42.5 Å². The Labute approximate surface area is 182 Å². The molecule has 31 heavy (non-hydrogen) atoms. The number of nitrogens with zero attached hydrogens (tertiary/aromatic N) is 1. The molecule has 4 rings (SSSR count). The van der Waals surface area contributed by atoms with E-state index in [1.807, 2.05) is 62.4 Å². The van der Waals surface area contributed by atoms with E-state index in [0.717, 1.165) is 27.3 Å². The van der Waals surface area contributed by atoms with Crippen molar-refractivity contribution in [3.8, 4) is 0 Å². The highest BCUT2D eigenvalue weighted by atomic mass is 16.3. The third-order valence-electron chi connectivity index (χ3n) is 5.88. The Bertz CT molecular complexity index is 1040. The molecule has 2 aromatic carbocycles. The van der Waals surface area contributed by atoms with Crippen LogP contribution in [0.3, 0.4) is 0 Å². The molecule has 0 unspecified atom stereocenters. The Kier molecular flexibility index (Phi) is 6.18. The number of hydrogen-bond donors (Lipinski definition) is 2. The summed E-state index contributed by atoms with van der Waals surface area (Å²) in [4.78, 5) is 29.0. The Morgan fingerprint density at radius 1 is 1.00 bits per heavy atom. The normalized spacial score (nSPS) is 15.5. The molecule has 0 spiro atoms. The van der Waals surface area contributed by atoms with Crippen molar-refractivity contribution in [1.82, 2.24) is 4.90 Å². The molecule has 1 atom stereocenters. The molecule has 6 nitrogen and oxygen atoms in total. The second kappa shape index (κ2) is 9.18. The molecule has 1 aliphatic heterocycles. The number of quaternary nitrogens is 1. The van der Waals surface area contributed by atoms with Crippen LogP contribution >= 0.6 is 0 Å². The summed E-state index contributed by atoms with van der Waals surface area (Å²) in [7, 11) is 0. The number of nitrogens with one attached hydrogen (secondary N) is 2. The summed E-state index contributed by atoms with van der Waals surface area (Å²) in [6.45, 7) is 6.55. The fourth-order valence-electron chi connectivity index (χ4n) is 4.14. The number of hydrogen-bond acceptors (Lipinski definition) is 3. The number of amides is 2. The van der Waals surface area contributed by atoms with E-state index >= 15 is 0 Å². The fourth-order valence-corrected chi connectivity index (χ4v) is 4.14. The summed E-state index contributed by atoms with van der Waals surface area (Å²) in [6, 6.07) is 19.0. The van der Waals surface area contributed by atoms with Gasteiger partial charge >= 0.3 is 0 Å². The zero-order valence-electron chi connectivity index (χ0n) is 17.9. The van der Waals surface area contributed by atoms with Gasteiger partial charge < -0.3 is 19.5 Å². The lowest BCUT2D eigenvalue weighted by molar-refractivity contribution is -0.925. The van der Waals surface area contributed by atoms with Gasteiger partial charge in [-0.25, -0.2) is 0 Å². The van der Waals surface area contributed by atoms with Crippen molar-refractivity contribution >= 4 is 17.5 Å². The van der Waals surface area contributed by atoms with Crippen LogP contribution in [0.4, 0.5) is 5.69 Å². The first-order valence-corrected chi connectivity index (χ1v) is 10.6. The van der Waals surface area contributed by atoms with Crippen molar-refractivity contribution in [2.24, 2.45) is 0 Å². The third-order valence-corrected chi connectivity index (χ3v) is 5.88. The van der Waals surface area contributed by atoms with Gasteiger partial charge in [0, 0.05) is 11.3 Å². The van der Waals surface area contributed by atoms with E-state index in [-0.39, 0.29) is 17.9 Å².